The SMILES string of the molecule is CC(C)CS(=O)(=O)c1nnc(NC(=O)C(C#N)=Cc2ccc(OCCOc3ccccc3)cc2)s1. The first kappa shape index (κ1) is 25.9. The van der Waals surface area contributed by atoms with E-state index in [1.165, 1.54) is 6.08 Å². The highest BCUT2D eigenvalue weighted by molar-refractivity contribution is 7.93. The van der Waals surface area contributed by atoms with Gasteiger partial charge in [0, 0.05) is 0 Å². The zero-order chi connectivity index (χ0) is 25.3. The Morgan fingerprint density at radius 2 is 1.69 bits per heavy atom. The average Bonchev–Trinajstić information content (AvgIpc) is 3.30. The molecule has 0 unspecified atom stereocenters. The lowest BCUT2D eigenvalue weighted by Crippen LogP contribution is -2.13. The van der Waals surface area contributed by atoms with Crippen molar-refractivity contribution < 1.29 is 22.7 Å². The second-order valence-corrected chi connectivity index (χ2v) is 10.9. The van der Waals surface area contributed by atoms with Gasteiger partial charge >= 0.3 is 0 Å². The molecule has 0 aliphatic rings. The van der Waals surface area contributed by atoms with Gasteiger partial charge in [-0.2, -0.15) is 5.26 Å². The number of hydrogen-bond donors (Lipinski definition) is 1. The Bertz CT molecular complexity index is 1310. The minimum atomic E-state index is -3.58. The van der Waals surface area contributed by atoms with E-state index in [0.29, 0.717) is 24.5 Å². The lowest BCUT2D eigenvalue weighted by atomic mass is 10.1. The van der Waals surface area contributed by atoms with Crippen LogP contribution in [-0.4, -0.2) is 43.5 Å². The monoisotopic (exact) mass is 512 g/mol. The normalized spacial score (nSPS) is 11.7. The van der Waals surface area contributed by atoms with E-state index in [2.05, 4.69) is 15.5 Å². The summed E-state index contributed by atoms with van der Waals surface area (Å²) in [5.74, 6) is 0.523. The summed E-state index contributed by atoms with van der Waals surface area (Å²) in [6.45, 7) is 4.30. The molecule has 0 saturated heterocycles. The largest absolute Gasteiger partial charge is 0.490 e. The molecule has 1 amide bonds. The lowest BCUT2D eigenvalue weighted by molar-refractivity contribution is -0.112. The third-order valence-corrected chi connectivity index (χ3v) is 7.73. The van der Waals surface area contributed by atoms with Crippen LogP contribution < -0.4 is 14.8 Å². The first-order valence-electron chi connectivity index (χ1n) is 10.7. The number of sulfone groups is 1. The van der Waals surface area contributed by atoms with Gasteiger partial charge in [0.05, 0.1) is 5.75 Å². The van der Waals surface area contributed by atoms with Gasteiger partial charge in [-0.25, -0.2) is 8.42 Å². The van der Waals surface area contributed by atoms with Crippen molar-refractivity contribution in [2.45, 2.75) is 18.2 Å². The minimum absolute atomic E-state index is 0.0000457. The van der Waals surface area contributed by atoms with Crippen molar-refractivity contribution in [3.8, 4) is 17.6 Å². The minimum Gasteiger partial charge on any atom is -0.490 e. The highest BCUT2D eigenvalue weighted by Gasteiger charge is 2.22. The number of nitrogens with one attached hydrogen (secondary N) is 1. The highest BCUT2D eigenvalue weighted by atomic mass is 32.2. The standard InChI is InChI=1S/C24H24N4O5S2/c1-17(2)16-35(30,31)24-28-27-23(34-24)26-22(29)19(15-25)14-18-8-10-21(11-9-18)33-13-12-32-20-6-4-3-5-7-20/h3-11,14,17H,12-13,16H2,1-2H3,(H,26,27,29). The van der Waals surface area contributed by atoms with E-state index in [1.54, 1.807) is 38.1 Å². The summed E-state index contributed by atoms with van der Waals surface area (Å²) >= 11 is 0.749. The number of benzene rings is 2. The first-order valence-corrected chi connectivity index (χ1v) is 13.1. The maximum atomic E-state index is 12.5. The Hall–Kier alpha value is -3.75. The summed E-state index contributed by atoms with van der Waals surface area (Å²) in [4.78, 5) is 12.5. The Kier molecular flexibility index (Phi) is 8.94. The number of anilines is 1. The van der Waals surface area contributed by atoms with Crippen LogP contribution in [-0.2, 0) is 14.6 Å². The van der Waals surface area contributed by atoms with Crippen molar-refractivity contribution in [3.63, 3.8) is 0 Å². The van der Waals surface area contributed by atoms with Gasteiger partial charge in [0.2, 0.25) is 19.3 Å². The molecule has 0 spiro atoms. The van der Waals surface area contributed by atoms with Crippen LogP contribution in [0.4, 0.5) is 5.13 Å². The van der Waals surface area contributed by atoms with E-state index in [-0.39, 0.29) is 26.7 Å². The molecule has 35 heavy (non-hydrogen) atoms. The second-order valence-electron chi connectivity index (χ2n) is 7.75. The Morgan fingerprint density at radius 3 is 2.29 bits per heavy atom. The van der Waals surface area contributed by atoms with E-state index in [4.69, 9.17) is 9.47 Å². The fourth-order valence-corrected chi connectivity index (χ4v) is 5.48. The van der Waals surface area contributed by atoms with Gasteiger partial charge < -0.3 is 9.47 Å². The third kappa shape index (κ3) is 7.91. The molecule has 0 atom stereocenters. The van der Waals surface area contributed by atoms with Crippen LogP contribution in [0.2, 0.25) is 0 Å². The maximum Gasteiger partial charge on any atom is 0.268 e. The molecule has 3 aromatic rings. The Balaban J connectivity index is 1.56. The number of para-hydroxylation sites is 1. The summed E-state index contributed by atoms with van der Waals surface area (Å²) in [5.41, 5.74) is 0.443. The van der Waals surface area contributed by atoms with Crippen LogP contribution in [0.3, 0.4) is 0 Å². The van der Waals surface area contributed by atoms with E-state index in [1.807, 2.05) is 36.4 Å². The van der Waals surface area contributed by atoms with Gasteiger partial charge in [0.15, 0.2) is 0 Å². The number of rotatable bonds is 11. The smallest absolute Gasteiger partial charge is 0.268 e. The maximum absolute atomic E-state index is 12.5. The second kappa shape index (κ2) is 12.1. The van der Waals surface area contributed by atoms with Crippen LogP contribution in [0.5, 0.6) is 11.5 Å². The molecular weight excluding hydrogens is 488 g/mol. The Morgan fingerprint density at radius 1 is 1.06 bits per heavy atom. The van der Waals surface area contributed by atoms with Gasteiger partial charge in [0.25, 0.3) is 5.91 Å². The highest BCUT2D eigenvalue weighted by Crippen LogP contribution is 2.23. The summed E-state index contributed by atoms with van der Waals surface area (Å²) in [7, 11) is -3.58. The Labute approximate surface area is 208 Å². The van der Waals surface area contributed by atoms with Gasteiger partial charge in [-0.1, -0.05) is 55.5 Å². The number of hydrogen-bond acceptors (Lipinski definition) is 9. The topological polar surface area (TPSA) is 131 Å². The summed E-state index contributed by atoms with van der Waals surface area (Å²) in [6.07, 6.45) is 1.41. The van der Waals surface area contributed by atoms with Gasteiger partial charge in [-0.15, -0.1) is 10.2 Å². The number of ether oxygens (including phenoxy) is 2. The summed E-state index contributed by atoms with van der Waals surface area (Å²) < 4.78 is 35.6. The molecule has 1 aromatic heterocycles. The number of amides is 1. The molecule has 3 rings (SSSR count). The van der Waals surface area contributed by atoms with E-state index in [9.17, 15) is 18.5 Å². The van der Waals surface area contributed by atoms with Crippen LogP contribution in [0.25, 0.3) is 6.08 Å². The van der Waals surface area contributed by atoms with Gasteiger partial charge in [0.1, 0.15) is 36.4 Å². The fourth-order valence-electron chi connectivity index (χ4n) is 2.87. The fraction of sp³-hybridized carbons (Fsp3) is 0.250. The van der Waals surface area contributed by atoms with E-state index in [0.717, 1.165) is 17.1 Å². The average molecular weight is 513 g/mol. The molecule has 1 heterocycles. The molecule has 0 saturated carbocycles. The molecule has 0 radical (unpaired) electrons. The summed E-state index contributed by atoms with van der Waals surface area (Å²) in [5, 5.41) is 19.2. The van der Waals surface area contributed by atoms with Crippen molar-refractivity contribution in [1.29, 1.82) is 5.26 Å². The van der Waals surface area contributed by atoms with Gasteiger partial charge in [-0.3, -0.25) is 10.1 Å². The van der Waals surface area contributed by atoms with Crippen molar-refractivity contribution in [3.05, 3.63) is 65.7 Å². The number of aromatic nitrogens is 2. The quantitative estimate of drug-likeness (QED) is 0.177. The zero-order valence-electron chi connectivity index (χ0n) is 19.2. The van der Waals surface area contributed by atoms with E-state index >= 15 is 0 Å². The molecule has 9 nitrogen and oxygen atoms in total. The number of nitriles is 1. The molecule has 0 aliphatic heterocycles. The van der Waals surface area contributed by atoms with Crippen molar-refractivity contribution >= 4 is 38.3 Å². The van der Waals surface area contributed by atoms with Crippen molar-refractivity contribution in [1.82, 2.24) is 10.2 Å². The number of carbonyl (C=O) groups is 1. The molecule has 1 N–H and O–H groups in total. The third-order valence-electron chi connectivity index (χ3n) is 4.37. The molecule has 2 aromatic carbocycles. The number of nitrogens with zero attached hydrogens (tertiary/aromatic N) is 3. The van der Waals surface area contributed by atoms with Crippen LogP contribution in [0, 0.1) is 17.2 Å². The van der Waals surface area contributed by atoms with E-state index < -0.39 is 15.7 Å². The molecule has 0 aliphatic carbocycles. The number of carbonyl (C=O) groups excluding carboxylic acids is 1. The van der Waals surface area contributed by atoms with Crippen molar-refractivity contribution in [2.24, 2.45) is 5.92 Å². The summed E-state index contributed by atoms with van der Waals surface area (Å²) in [6, 6.07) is 18.1. The first-order chi connectivity index (χ1) is 16.8. The molecule has 0 bridgehead atoms. The molecular formula is C24H24N4O5S2. The van der Waals surface area contributed by atoms with Crippen LogP contribution in [0.15, 0.2) is 64.5 Å². The predicted molar refractivity (Wildman–Crippen MR) is 133 cm³/mol. The van der Waals surface area contributed by atoms with Crippen molar-refractivity contribution in [2.75, 3.05) is 24.3 Å². The van der Waals surface area contributed by atoms with Crippen LogP contribution in [0.1, 0.15) is 19.4 Å². The molecule has 0 fully saturated rings. The lowest BCUT2D eigenvalue weighted by Gasteiger charge is -2.08. The zero-order valence-corrected chi connectivity index (χ0v) is 20.8. The predicted octanol–water partition coefficient (Wildman–Crippen LogP) is 3.97. The molecule has 11 heteroatoms. The van der Waals surface area contributed by atoms with Gasteiger partial charge in [-0.05, 0) is 41.8 Å². The van der Waals surface area contributed by atoms with Crippen LogP contribution >= 0.6 is 11.3 Å². The molecule has 182 valence electrons.